The molecule has 0 aliphatic heterocycles. The Morgan fingerprint density at radius 3 is 1.79 bits per heavy atom. The number of Topliss-reactive ketones (excluding diaryl/α,β-unsaturated/α-hetero) is 1. The third-order valence-electron chi connectivity index (χ3n) is 5.20. The van der Waals surface area contributed by atoms with Crippen LogP contribution in [0, 0.1) is 0 Å². The van der Waals surface area contributed by atoms with Crippen molar-refractivity contribution in [1.82, 2.24) is 4.90 Å². The summed E-state index contributed by atoms with van der Waals surface area (Å²) in [5.74, 6) is -0.229. The first-order valence-corrected chi connectivity index (χ1v) is 9.66. The number of hydrogen-bond acceptors (Lipinski definition) is 3. The summed E-state index contributed by atoms with van der Waals surface area (Å²) in [6.45, 7) is 4.20. The van der Waals surface area contributed by atoms with Crippen LogP contribution in [0.15, 0.2) is 91.0 Å². The molecule has 0 amide bonds. The fourth-order valence-corrected chi connectivity index (χ4v) is 3.62. The highest BCUT2D eigenvalue weighted by Gasteiger charge is 2.33. The molecule has 1 N–H and O–H groups in total. The lowest BCUT2D eigenvalue weighted by molar-refractivity contribution is -0.129. The molecular weight excluding hydrogens is 346 g/mol. The molecule has 0 fully saturated rings. The summed E-state index contributed by atoms with van der Waals surface area (Å²) < 4.78 is 0. The van der Waals surface area contributed by atoms with Crippen LogP contribution in [0.4, 0.5) is 0 Å². The first-order chi connectivity index (χ1) is 13.6. The maximum absolute atomic E-state index is 12.2. The Hall–Kier alpha value is -2.75. The Morgan fingerprint density at radius 2 is 1.29 bits per heavy atom. The van der Waals surface area contributed by atoms with Gasteiger partial charge in [-0.05, 0) is 30.5 Å². The molecule has 3 unspecified atom stereocenters. The summed E-state index contributed by atoms with van der Waals surface area (Å²) in [4.78, 5) is 14.4. The van der Waals surface area contributed by atoms with Crippen molar-refractivity contribution in [3.63, 3.8) is 0 Å². The lowest BCUT2D eigenvalue weighted by Crippen LogP contribution is -2.41. The van der Waals surface area contributed by atoms with E-state index in [1.807, 2.05) is 66.7 Å². The van der Waals surface area contributed by atoms with Crippen molar-refractivity contribution in [2.75, 3.05) is 0 Å². The van der Waals surface area contributed by atoms with E-state index in [0.717, 1.165) is 16.7 Å². The maximum atomic E-state index is 12.2. The van der Waals surface area contributed by atoms with E-state index >= 15 is 0 Å². The van der Waals surface area contributed by atoms with Crippen LogP contribution < -0.4 is 0 Å². The molecule has 0 aliphatic carbocycles. The topological polar surface area (TPSA) is 40.5 Å². The van der Waals surface area contributed by atoms with E-state index < -0.39 is 12.1 Å². The monoisotopic (exact) mass is 373 g/mol. The van der Waals surface area contributed by atoms with Crippen LogP contribution in [0.5, 0.6) is 0 Å². The van der Waals surface area contributed by atoms with E-state index in [2.05, 4.69) is 36.1 Å². The van der Waals surface area contributed by atoms with Crippen LogP contribution in [-0.4, -0.2) is 21.9 Å². The number of aliphatic hydroxyl groups is 1. The SMILES string of the molecule is CC(=O)C(O)C(c1ccccc1)N(Cc1ccccc1)C(C)c1ccccc1. The zero-order valence-corrected chi connectivity index (χ0v) is 16.4. The third kappa shape index (κ3) is 4.75. The van der Waals surface area contributed by atoms with Gasteiger partial charge in [0.15, 0.2) is 5.78 Å². The second-order valence-corrected chi connectivity index (χ2v) is 7.16. The van der Waals surface area contributed by atoms with Crippen LogP contribution in [-0.2, 0) is 11.3 Å². The number of nitrogens with zero attached hydrogens (tertiary/aromatic N) is 1. The molecule has 3 aromatic rings. The van der Waals surface area contributed by atoms with Gasteiger partial charge in [-0.15, -0.1) is 0 Å². The molecule has 0 saturated heterocycles. The van der Waals surface area contributed by atoms with Gasteiger partial charge in [0.05, 0.1) is 6.04 Å². The van der Waals surface area contributed by atoms with Gasteiger partial charge in [0.1, 0.15) is 6.10 Å². The van der Waals surface area contributed by atoms with Gasteiger partial charge < -0.3 is 5.11 Å². The molecule has 0 saturated carbocycles. The summed E-state index contributed by atoms with van der Waals surface area (Å²) in [5.41, 5.74) is 3.22. The quantitative estimate of drug-likeness (QED) is 0.608. The molecule has 3 aromatic carbocycles. The highest BCUT2D eigenvalue weighted by Crippen LogP contribution is 2.34. The minimum Gasteiger partial charge on any atom is -0.383 e. The molecule has 0 radical (unpaired) electrons. The largest absolute Gasteiger partial charge is 0.383 e. The van der Waals surface area contributed by atoms with Crippen molar-refractivity contribution in [1.29, 1.82) is 0 Å². The molecule has 28 heavy (non-hydrogen) atoms. The van der Waals surface area contributed by atoms with Gasteiger partial charge in [0.2, 0.25) is 0 Å². The molecule has 3 heteroatoms. The van der Waals surface area contributed by atoms with E-state index in [0.29, 0.717) is 6.54 Å². The first-order valence-electron chi connectivity index (χ1n) is 9.66. The summed E-state index contributed by atoms with van der Waals surface area (Å²) in [7, 11) is 0. The number of aliphatic hydroxyl groups excluding tert-OH is 1. The van der Waals surface area contributed by atoms with Crippen LogP contribution in [0.2, 0.25) is 0 Å². The highest BCUT2D eigenvalue weighted by molar-refractivity contribution is 5.81. The number of ketones is 1. The molecule has 0 spiro atoms. The Kier molecular flexibility index (Phi) is 6.75. The predicted molar refractivity (Wildman–Crippen MR) is 113 cm³/mol. The molecule has 0 bridgehead atoms. The van der Waals surface area contributed by atoms with E-state index in [1.54, 1.807) is 0 Å². The lowest BCUT2D eigenvalue weighted by Gasteiger charge is -2.39. The first kappa shape index (κ1) is 20.0. The Morgan fingerprint density at radius 1 is 0.821 bits per heavy atom. The zero-order chi connectivity index (χ0) is 19.9. The van der Waals surface area contributed by atoms with Crippen LogP contribution >= 0.6 is 0 Å². The smallest absolute Gasteiger partial charge is 0.160 e. The highest BCUT2D eigenvalue weighted by atomic mass is 16.3. The van der Waals surface area contributed by atoms with Crippen molar-refractivity contribution >= 4 is 5.78 Å². The minimum absolute atomic E-state index is 0.0145. The lowest BCUT2D eigenvalue weighted by atomic mass is 9.93. The standard InChI is InChI=1S/C25H27NO2/c1-19(22-14-8-4-9-15-22)26(18-21-12-6-3-7-13-21)24(25(28)20(2)27)23-16-10-5-11-17-23/h3-17,19,24-25,28H,18H2,1-2H3. The van der Waals surface area contributed by atoms with Gasteiger partial charge in [-0.3, -0.25) is 9.69 Å². The second kappa shape index (κ2) is 9.45. The minimum atomic E-state index is -1.10. The Balaban J connectivity index is 2.06. The predicted octanol–water partition coefficient (Wildman–Crippen LogP) is 4.94. The van der Waals surface area contributed by atoms with E-state index in [1.165, 1.54) is 6.92 Å². The van der Waals surface area contributed by atoms with E-state index in [4.69, 9.17) is 0 Å². The molecule has 3 atom stereocenters. The molecule has 3 rings (SSSR count). The van der Waals surface area contributed by atoms with E-state index in [-0.39, 0.29) is 11.8 Å². The fraction of sp³-hybridized carbons (Fsp3) is 0.240. The number of benzene rings is 3. The summed E-state index contributed by atoms with van der Waals surface area (Å²) in [6.07, 6.45) is -1.10. The van der Waals surface area contributed by atoms with E-state index in [9.17, 15) is 9.90 Å². The van der Waals surface area contributed by atoms with Crippen molar-refractivity contribution in [3.05, 3.63) is 108 Å². The van der Waals surface area contributed by atoms with Crippen molar-refractivity contribution < 1.29 is 9.90 Å². The molecule has 0 aromatic heterocycles. The fourth-order valence-electron chi connectivity index (χ4n) is 3.62. The zero-order valence-electron chi connectivity index (χ0n) is 16.4. The molecule has 3 nitrogen and oxygen atoms in total. The average molecular weight is 373 g/mol. The van der Waals surface area contributed by atoms with Gasteiger partial charge in [-0.2, -0.15) is 0 Å². The summed E-state index contributed by atoms with van der Waals surface area (Å²) in [6, 6.07) is 29.8. The number of carbonyl (C=O) groups is 1. The van der Waals surface area contributed by atoms with Crippen molar-refractivity contribution in [3.8, 4) is 0 Å². The van der Waals surface area contributed by atoms with Crippen molar-refractivity contribution in [2.45, 2.75) is 38.6 Å². The maximum Gasteiger partial charge on any atom is 0.160 e. The third-order valence-corrected chi connectivity index (χ3v) is 5.20. The van der Waals surface area contributed by atoms with Gasteiger partial charge in [0, 0.05) is 12.6 Å². The average Bonchev–Trinajstić information content (AvgIpc) is 2.74. The number of hydrogen-bond donors (Lipinski definition) is 1. The molecule has 0 heterocycles. The summed E-state index contributed by atoms with van der Waals surface area (Å²) in [5, 5.41) is 10.9. The van der Waals surface area contributed by atoms with Crippen LogP contribution in [0.3, 0.4) is 0 Å². The second-order valence-electron chi connectivity index (χ2n) is 7.16. The van der Waals surface area contributed by atoms with Gasteiger partial charge in [-0.25, -0.2) is 0 Å². The number of rotatable bonds is 8. The van der Waals surface area contributed by atoms with Gasteiger partial charge in [-0.1, -0.05) is 91.0 Å². The molecule has 144 valence electrons. The summed E-state index contributed by atoms with van der Waals surface area (Å²) >= 11 is 0. The Bertz CT molecular complexity index is 865. The number of carbonyl (C=O) groups excluding carboxylic acids is 1. The molecule has 0 aliphatic rings. The molecular formula is C25H27NO2. The normalized spacial score (nSPS) is 14.4. The van der Waals surface area contributed by atoms with Gasteiger partial charge in [0.25, 0.3) is 0 Å². The van der Waals surface area contributed by atoms with Crippen LogP contribution in [0.25, 0.3) is 0 Å². The van der Waals surface area contributed by atoms with Crippen LogP contribution in [0.1, 0.15) is 42.6 Å². The Labute approximate surface area is 167 Å². The van der Waals surface area contributed by atoms with Gasteiger partial charge >= 0.3 is 0 Å². The van der Waals surface area contributed by atoms with Crippen molar-refractivity contribution in [2.24, 2.45) is 0 Å².